The predicted molar refractivity (Wildman–Crippen MR) is 151 cm³/mol. The summed E-state index contributed by atoms with van der Waals surface area (Å²) in [4.78, 5) is 53.7. The van der Waals surface area contributed by atoms with Gasteiger partial charge in [-0.1, -0.05) is 48.5 Å². The lowest BCUT2D eigenvalue weighted by molar-refractivity contribution is -0.145. The van der Waals surface area contributed by atoms with Crippen LogP contribution in [0.5, 0.6) is 0 Å². The molecule has 0 bridgehead atoms. The first kappa shape index (κ1) is 31.3. The highest BCUT2D eigenvalue weighted by Gasteiger charge is 2.39. The monoisotopic (exact) mass is 538 g/mol. The van der Waals surface area contributed by atoms with E-state index in [4.69, 9.17) is 10.5 Å². The fourth-order valence-electron chi connectivity index (χ4n) is 4.39. The van der Waals surface area contributed by atoms with E-state index in [1.54, 1.807) is 20.8 Å². The molecular weight excluding hydrogens is 496 g/mol. The van der Waals surface area contributed by atoms with Crippen molar-refractivity contribution in [1.82, 2.24) is 15.5 Å². The number of aryl methyl sites for hydroxylation is 2. The van der Waals surface area contributed by atoms with Crippen molar-refractivity contribution in [3.8, 4) is 0 Å². The highest BCUT2D eigenvalue weighted by atomic mass is 16.6. The van der Waals surface area contributed by atoms with Gasteiger partial charge in [0.05, 0.1) is 0 Å². The second-order valence-corrected chi connectivity index (χ2v) is 11.0. The molecule has 2 rings (SSSR count). The summed E-state index contributed by atoms with van der Waals surface area (Å²) in [6.07, 6.45) is -0.972. The molecule has 9 nitrogen and oxygen atoms in total. The smallest absolute Gasteiger partial charge is 0.408 e. The highest BCUT2D eigenvalue weighted by molar-refractivity contribution is 5.93. The van der Waals surface area contributed by atoms with Crippen molar-refractivity contribution >= 4 is 23.8 Å². The van der Waals surface area contributed by atoms with E-state index < -0.39 is 41.6 Å². The normalized spacial score (nSPS) is 12.8. The van der Waals surface area contributed by atoms with Gasteiger partial charge in [0.2, 0.25) is 17.7 Å². The molecule has 0 aliphatic carbocycles. The van der Waals surface area contributed by atoms with Crippen molar-refractivity contribution in [2.24, 2.45) is 5.73 Å². The number of ether oxygens (including phenoxy) is 1. The van der Waals surface area contributed by atoms with Gasteiger partial charge in [-0.05, 0) is 77.1 Å². The van der Waals surface area contributed by atoms with Gasteiger partial charge in [-0.2, -0.15) is 0 Å². The van der Waals surface area contributed by atoms with E-state index in [0.29, 0.717) is 5.56 Å². The third-order valence-electron chi connectivity index (χ3n) is 6.13. The number of nitrogens with zero attached hydrogens (tertiary/aromatic N) is 1. The van der Waals surface area contributed by atoms with Gasteiger partial charge in [-0.25, -0.2) is 4.79 Å². The van der Waals surface area contributed by atoms with E-state index >= 15 is 0 Å². The standard InChI is InChI=1S/C30H42N4O5/c1-19(2)34(28(37)23(16-17-24(31)35)33-29(38)39-30(5,6)7)26(25-20(3)12-11-13-21(25)4)27(36)32-18-22-14-9-8-10-15-22/h8-15,19,23,26H,16-18H2,1-7H3,(H2,31,35)(H,32,36)(H,33,38). The fraction of sp³-hybridized carbons (Fsp3) is 0.467. The molecule has 39 heavy (non-hydrogen) atoms. The number of nitrogens with one attached hydrogen (secondary N) is 2. The molecule has 2 aromatic carbocycles. The third-order valence-corrected chi connectivity index (χ3v) is 6.13. The molecule has 0 aromatic heterocycles. The largest absolute Gasteiger partial charge is 0.444 e. The molecule has 2 atom stereocenters. The van der Waals surface area contributed by atoms with Gasteiger partial charge in [0, 0.05) is 19.0 Å². The Balaban J connectivity index is 2.52. The second kappa shape index (κ2) is 13.8. The summed E-state index contributed by atoms with van der Waals surface area (Å²) >= 11 is 0. The Bertz CT molecular complexity index is 1140. The van der Waals surface area contributed by atoms with Crippen LogP contribution in [0.2, 0.25) is 0 Å². The van der Waals surface area contributed by atoms with Crippen molar-refractivity contribution in [3.63, 3.8) is 0 Å². The van der Waals surface area contributed by atoms with E-state index in [-0.39, 0.29) is 25.3 Å². The van der Waals surface area contributed by atoms with Gasteiger partial charge in [0.25, 0.3) is 0 Å². The molecule has 0 saturated heterocycles. The maximum Gasteiger partial charge on any atom is 0.408 e. The summed E-state index contributed by atoms with van der Waals surface area (Å²) in [5.74, 6) is -1.48. The number of amides is 4. The number of carbonyl (C=O) groups is 4. The summed E-state index contributed by atoms with van der Waals surface area (Å²) in [6, 6.07) is 12.6. The number of hydrogen-bond acceptors (Lipinski definition) is 5. The van der Waals surface area contributed by atoms with Crippen molar-refractivity contribution in [1.29, 1.82) is 0 Å². The summed E-state index contributed by atoms with van der Waals surface area (Å²) in [5.41, 5.74) is 7.90. The lowest BCUT2D eigenvalue weighted by atomic mass is 9.92. The third kappa shape index (κ3) is 9.42. The van der Waals surface area contributed by atoms with Crippen LogP contribution >= 0.6 is 0 Å². The van der Waals surface area contributed by atoms with Crippen molar-refractivity contribution in [2.45, 2.75) is 91.6 Å². The highest BCUT2D eigenvalue weighted by Crippen LogP contribution is 2.30. The Morgan fingerprint density at radius 3 is 2.05 bits per heavy atom. The van der Waals surface area contributed by atoms with Crippen molar-refractivity contribution in [2.75, 3.05) is 0 Å². The predicted octanol–water partition coefficient (Wildman–Crippen LogP) is 4.06. The van der Waals surface area contributed by atoms with Crippen LogP contribution in [0.25, 0.3) is 0 Å². The van der Waals surface area contributed by atoms with E-state index in [2.05, 4.69) is 10.6 Å². The molecule has 2 aromatic rings. The number of nitrogens with two attached hydrogens (primary N) is 1. The molecule has 4 amide bonds. The van der Waals surface area contributed by atoms with Crippen LogP contribution in [0.15, 0.2) is 48.5 Å². The molecule has 0 radical (unpaired) electrons. The van der Waals surface area contributed by atoms with Crippen LogP contribution in [0, 0.1) is 13.8 Å². The molecule has 0 fully saturated rings. The second-order valence-electron chi connectivity index (χ2n) is 11.0. The molecule has 0 aliphatic heterocycles. The van der Waals surface area contributed by atoms with E-state index in [9.17, 15) is 19.2 Å². The van der Waals surface area contributed by atoms with Gasteiger partial charge in [0.1, 0.15) is 17.7 Å². The molecule has 0 heterocycles. The summed E-state index contributed by atoms with van der Waals surface area (Å²) in [6.45, 7) is 12.8. The average Bonchev–Trinajstić information content (AvgIpc) is 2.83. The van der Waals surface area contributed by atoms with E-state index in [1.165, 1.54) is 4.90 Å². The van der Waals surface area contributed by atoms with Crippen LogP contribution in [-0.4, -0.2) is 46.4 Å². The lowest BCUT2D eigenvalue weighted by Crippen LogP contribution is -2.55. The first-order valence-electron chi connectivity index (χ1n) is 13.2. The Kier molecular flexibility index (Phi) is 11.1. The quantitative estimate of drug-likeness (QED) is 0.397. The van der Waals surface area contributed by atoms with Crippen LogP contribution in [-0.2, 0) is 25.7 Å². The number of primary amides is 1. The lowest BCUT2D eigenvalue weighted by Gasteiger charge is -2.38. The minimum Gasteiger partial charge on any atom is -0.444 e. The minimum atomic E-state index is -1.14. The molecular formula is C30H42N4O5. The van der Waals surface area contributed by atoms with Gasteiger partial charge < -0.3 is 26.0 Å². The van der Waals surface area contributed by atoms with E-state index in [0.717, 1.165) is 16.7 Å². The maximum absolute atomic E-state index is 14.1. The Morgan fingerprint density at radius 1 is 0.949 bits per heavy atom. The van der Waals surface area contributed by atoms with E-state index in [1.807, 2.05) is 76.2 Å². The Labute approximate surface area is 231 Å². The van der Waals surface area contributed by atoms with Gasteiger partial charge in [0.15, 0.2) is 0 Å². The van der Waals surface area contributed by atoms with Gasteiger partial charge in [-0.3, -0.25) is 14.4 Å². The average molecular weight is 539 g/mol. The zero-order chi connectivity index (χ0) is 29.3. The summed E-state index contributed by atoms with van der Waals surface area (Å²) in [5, 5.41) is 5.59. The first-order valence-corrected chi connectivity index (χ1v) is 13.2. The SMILES string of the molecule is Cc1cccc(C)c1C(C(=O)NCc1ccccc1)N(C(=O)C(CCC(N)=O)NC(=O)OC(C)(C)C)C(C)C. The van der Waals surface area contributed by atoms with Gasteiger partial charge >= 0.3 is 6.09 Å². The Morgan fingerprint density at radius 2 is 1.54 bits per heavy atom. The number of benzene rings is 2. The first-order chi connectivity index (χ1) is 18.2. The maximum atomic E-state index is 14.1. The van der Waals surface area contributed by atoms with Crippen LogP contribution in [0.1, 0.15) is 75.8 Å². The van der Waals surface area contributed by atoms with Crippen LogP contribution in [0.3, 0.4) is 0 Å². The zero-order valence-corrected chi connectivity index (χ0v) is 24.0. The number of alkyl carbamates (subject to hydrolysis) is 1. The minimum absolute atomic E-state index is 0.0399. The fourth-order valence-corrected chi connectivity index (χ4v) is 4.39. The Hall–Kier alpha value is -3.88. The number of rotatable bonds is 11. The summed E-state index contributed by atoms with van der Waals surface area (Å²) < 4.78 is 5.37. The van der Waals surface area contributed by atoms with Crippen LogP contribution in [0.4, 0.5) is 4.79 Å². The molecule has 9 heteroatoms. The molecule has 0 spiro atoms. The van der Waals surface area contributed by atoms with Crippen molar-refractivity contribution < 1.29 is 23.9 Å². The number of hydrogen-bond donors (Lipinski definition) is 3. The molecule has 0 saturated carbocycles. The molecule has 2 unspecified atom stereocenters. The zero-order valence-electron chi connectivity index (χ0n) is 24.0. The van der Waals surface area contributed by atoms with Crippen LogP contribution < -0.4 is 16.4 Å². The molecule has 4 N–H and O–H groups in total. The molecule has 212 valence electrons. The topological polar surface area (TPSA) is 131 Å². The van der Waals surface area contributed by atoms with Gasteiger partial charge in [-0.15, -0.1) is 0 Å². The molecule has 0 aliphatic rings. The van der Waals surface area contributed by atoms with Crippen molar-refractivity contribution in [3.05, 3.63) is 70.8 Å². The number of carbonyl (C=O) groups excluding carboxylic acids is 4. The summed E-state index contributed by atoms with van der Waals surface area (Å²) in [7, 11) is 0.